The lowest BCUT2D eigenvalue weighted by molar-refractivity contribution is -0.221. The van der Waals surface area contributed by atoms with E-state index in [9.17, 15) is 24.9 Å². The smallest absolute Gasteiger partial charge is 0.303 e. The number of nitrogens with two attached hydrogens (primary N) is 1. The molecule has 0 heterocycles. The van der Waals surface area contributed by atoms with Crippen molar-refractivity contribution >= 4 is 11.8 Å². The van der Waals surface area contributed by atoms with E-state index >= 15 is 0 Å². The van der Waals surface area contributed by atoms with Gasteiger partial charge in [-0.3, -0.25) is 9.59 Å². The third-order valence-corrected chi connectivity index (χ3v) is 11.1. The molecule has 0 amide bonds. The van der Waals surface area contributed by atoms with Crippen LogP contribution in [0.4, 0.5) is 0 Å². The van der Waals surface area contributed by atoms with Gasteiger partial charge in [0.1, 0.15) is 5.78 Å². The number of Topliss-reactive ketones (excluding diaryl/α,β-unsaturated/α-hetero) is 1. The van der Waals surface area contributed by atoms with Crippen molar-refractivity contribution in [2.45, 2.75) is 90.4 Å². The molecule has 4 saturated carbocycles. The van der Waals surface area contributed by atoms with E-state index in [4.69, 9.17) is 10.8 Å². The number of carboxylic acids is 1. The minimum absolute atomic E-state index is 0.000332. The number of rotatable bonds is 6. The molecule has 0 aliphatic heterocycles. The van der Waals surface area contributed by atoms with Crippen LogP contribution in [0.15, 0.2) is 0 Å². The van der Waals surface area contributed by atoms with Crippen LogP contribution in [-0.2, 0) is 9.59 Å². The average Bonchev–Trinajstić information content (AvgIpc) is 3.11. The molecule has 0 radical (unpaired) electrons. The minimum atomic E-state index is -0.789. The Hall–Kier alpha value is -1.02. The number of aliphatic carboxylic acids is 1. The van der Waals surface area contributed by atoms with Gasteiger partial charge >= 0.3 is 5.97 Å². The second kappa shape index (κ2) is 8.89. The van der Waals surface area contributed by atoms with Crippen LogP contribution in [0.5, 0.6) is 0 Å². The molecule has 7 heteroatoms. The molecule has 4 aliphatic rings. The summed E-state index contributed by atoms with van der Waals surface area (Å²) in [6.45, 7) is 6.37. The molecule has 0 spiro atoms. The second-order valence-corrected chi connectivity index (χ2v) is 12.2. The average molecular weight is 466 g/mol. The van der Waals surface area contributed by atoms with E-state index in [0.717, 1.165) is 12.8 Å². The Balaban J connectivity index is 1.68. The van der Waals surface area contributed by atoms with Crippen LogP contribution in [0, 0.1) is 52.3 Å². The molecule has 0 bridgehead atoms. The quantitative estimate of drug-likeness (QED) is 0.405. The molecule has 4 rings (SSSR count). The predicted molar refractivity (Wildman–Crippen MR) is 123 cm³/mol. The molecule has 0 aromatic carbocycles. The zero-order valence-electron chi connectivity index (χ0n) is 20.3. The van der Waals surface area contributed by atoms with Crippen molar-refractivity contribution in [2.24, 2.45) is 58.0 Å². The Kier molecular flexibility index (Phi) is 6.75. The van der Waals surface area contributed by atoms with Crippen molar-refractivity contribution in [2.75, 3.05) is 6.54 Å². The molecule has 188 valence electrons. The number of fused-ring (bicyclic) bond motifs is 5. The first kappa shape index (κ1) is 25.1. The number of aliphatic hydroxyl groups excluding tert-OH is 3. The minimum Gasteiger partial charge on any atom is -0.481 e. The van der Waals surface area contributed by atoms with E-state index in [-0.39, 0.29) is 65.6 Å². The summed E-state index contributed by atoms with van der Waals surface area (Å²) in [7, 11) is 0. The van der Waals surface area contributed by atoms with E-state index in [1.54, 1.807) is 0 Å². The second-order valence-electron chi connectivity index (χ2n) is 12.2. The first-order chi connectivity index (χ1) is 15.5. The van der Waals surface area contributed by atoms with Gasteiger partial charge < -0.3 is 26.2 Å². The molecule has 7 nitrogen and oxygen atoms in total. The van der Waals surface area contributed by atoms with Gasteiger partial charge in [0.15, 0.2) is 0 Å². The van der Waals surface area contributed by atoms with Gasteiger partial charge in [-0.25, -0.2) is 0 Å². The van der Waals surface area contributed by atoms with Crippen LogP contribution in [0.3, 0.4) is 0 Å². The molecule has 6 N–H and O–H groups in total. The van der Waals surface area contributed by atoms with Crippen LogP contribution in [0.2, 0.25) is 0 Å². The molecule has 4 fully saturated rings. The highest BCUT2D eigenvalue weighted by Gasteiger charge is 2.67. The molecule has 0 aromatic heterocycles. The van der Waals surface area contributed by atoms with Gasteiger partial charge in [-0.2, -0.15) is 0 Å². The van der Waals surface area contributed by atoms with Gasteiger partial charge in [0.25, 0.3) is 0 Å². The van der Waals surface area contributed by atoms with E-state index in [1.165, 1.54) is 0 Å². The Labute approximate surface area is 197 Å². The standard InChI is InChI=1S/C26H43NO6/c1-13(4-7-23(32)33)16-5-6-17-24-19(11-22(31)26(16,17)3)25(2)14(9-20(24)29)8-15(28)10-18(25)21(30)12-27/h13-20,22,24,28-29,31H,4-12,27H2,1-3H3,(H,32,33)/t13-,14+,15+,16-,17+,18?,19+,20-,22+,24+,25-,26-/m1/s1. The van der Waals surface area contributed by atoms with E-state index < -0.39 is 29.7 Å². The van der Waals surface area contributed by atoms with E-state index in [2.05, 4.69) is 20.8 Å². The Bertz CT molecular complexity index is 774. The predicted octanol–water partition coefficient (Wildman–Crippen LogP) is 2.20. The summed E-state index contributed by atoms with van der Waals surface area (Å²) in [5.41, 5.74) is 5.02. The molecular formula is C26H43NO6. The van der Waals surface area contributed by atoms with Gasteiger partial charge in [-0.1, -0.05) is 20.8 Å². The van der Waals surface area contributed by atoms with Gasteiger partial charge in [0.2, 0.25) is 0 Å². The van der Waals surface area contributed by atoms with Gasteiger partial charge in [-0.15, -0.1) is 0 Å². The number of hydrogen-bond acceptors (Lipinski definition) is 6. The van der Waals surface area contributed by atoms with Gasteiger partial charge in [-0.05, 0) is 91.3 Å². The van der Waals surface area contributed by atoms with Crippen LogP contribution in [0.25, 0.3) is 0 Å². The van der Waals surface area contributed by atoms with Crippen molar-refractivity contribution < 1.29 is 30.0 Å². The van der Waals surface area contributed by atoms with Crippen molar-refractivity contribution in [3.8, 4) is 0 Å². The number of ketones is 1. The highest BCUT2D eigenvalue weighted by molar-refractivity contribution is 5.83. The number of aliphatic hydroxyl groups is 3. The highest BCUT2D eigenvalue weighted by Crippen LogP contribution is 2.69. The summed E-state index contributed by atoms with van der Waals surface area (Å²) < 4.78 is 0. The van der Waals surface area contributed by atoms with Gasteiger partial charge in [0, 0.05) is 12.3 Å². The summed E-state index contributed by atoms with van der Waals surface area (Å²) in [4.78, 5) is 24.1. The zero-order valence-corrected chi connectivity index (χ0v) is 20.3. The summed E-state index contributed by atoms with van der Waals surface area (Å²) in [5, 5.41) is 42.7. The first-order valence-electron chi connectivity index (χ1n) is 12.9. The van der Waals surface area contributed by atoms with Crippen LogP contribution in [-0.4, -0.2) is 57.0 Å². The molecule has 1 unspecified atom stereocenters. The molecule has 0 aromatic rings. The fourth-order valence-electron chi connectivity index (χ4n) is 9.41. The third-order valence-electron chi connectivity index (χ3n) is 11.1. The lowest BCUT2D eigenvalue weighted by Gasteiger charge is -2.65. The summed E-state index contributed by atoms with van der Waals surface area (Å²) >= 11 is 0. The van der Waals surface area contributed by atoms with Crippen LogP contribution in [0.1, 0.15) is 72.1 Å². The maximum absolute atomic E-state index is 13.0. The lowest BCUT2D eigenvalue weighted by atomic mass is 9.40. The number of carboxylic acid groups (broad SMARTS) is 1. The number of carbonyl (C=O) groups excluding carboxylic acids is 1. The maximum atomic E-state index is 13.0. The third kappa shape index (κ3) is 3.78. The van der Waals surface area contributed by atoms with Crippen molar-refractivity contribution in [1.82, 2.24) is 0 Å². The Morgan fingerprint density at radius 3 is 2.33 bits per heavy atom. The topological polar surface area (TPSA) is 141 Å². The lowest BCUT2D eigenvalue weighted by Crippen LogP contribution is -2.65. The van der Waals surface area contributed by atoms with Crippen molar-refractivity contribution in [3.63, 3.8) is 0 Å². The maximum Gasteiger partial charge on any atom is 0.303 e. The zero-order chi connectivity index (χ0) is 24.3. The summed E-state index contributed by atoms with van der Waals surface area (Å²) in [5.74, 6) is -0.598. The fourth-order valence-corrected chi connectivity index (χ4v) is 9.41. The first-order valence-corrected chi connectivity index (χ1v) is 12.9. The summed E-state index contributed by atoms with van der Waals surface area (Å²) in [6, 6.07) is 0. The Morgan fingerprint density at radius 2 is 1.70 bits per heavy atom. The largest absolute Gasteiger partial charge is 0.481 e. The van der Waals surface area contributed by atoms with Crippen molar-refractivity contribution in [3.05, 3.63) is 0 Å². The number of hydrogen-bond donors (Lipinski definition) is 5. The van der Waals surface area contributed by atoms with Crippen LogP contribution < -0.4 is 5.73 Å². The monoisotopic (exact) mass is 465 g/mol. The Morgan fingerprint density at radius 1 is 1.00 bits per heavy atom. The fraction of sp³-hybridized carbons (Fsp3) is 0.923. The van der Waals surface area contributed by atoms with E-state index in [1.807, 2.05) is 0 Å². The van der Waals surface area contributed by atoms with Crippen molar-refractivity contribution in [1.29, 1.82) is 0 Å². The molecule has 12 atom stereocenters. The van der Waals surface area contributed by atoms with Crippen LogP contribution >= 0.6 is 0 Å². The summed E-state index contributed by atoms with van der Waals surface area (Å²) in [6.07, 6.45) is 3.03. The highest BCUT2D eigenvalue weighted by atomic mass is 16.4. The molecular weight excluding hydrogens is 422 g/mol. The van der Waals surface area contributed by atoms with E-state index in [0.29, 0.717) is 32.1 Å². The SMILES string of the molecule is C[C@H](CCC(=O)O)[C@H]1CC[C@H]2[C@@H]3[C@H](O)C[C@@H]4C[C@H](O)CC(C(=O)CN)[C@]4(C)[C@H]3C[C@H](O)[C@]12C. The molecule has 4 aliphatic carbocycles. The molecule has 0 saturated heterocycles. The molecule has 33 heavy (non-hydrogen) atoms. The van der Waals surface area contributed by atoms with Gasteiger partial charge in [0.05, 0.1) is 24.9 Å². The number of carbonyl (C=O) groups is 2. The normalized spacial score (nSPS) is 50.1.